The van der Waals surface area contributed by atoms with Gasteiger partial charge in [0.05, 0.1) is 12.2 Å². The van der Waals surface area contributed by atoms with Crippen LogP contribution >= 0.6 is 0 Å². The molecule has 1 saturated carbocycles. The lowest BCUT2D eigenvalue weighted by Crippen LogP contribution is -2.17. The van der Waals surface area contributed by atoms with Crippen molar-refractivity contribution in [3.8, 4) is 0 Å². The molecule has 0 bridgehead atoms. The average Bonchev–Trinajstić information content (AvgIpc) is 2.93. The summed E-state index contributed by atoms with van der Waals surface area (Å²) in [6, 6.07) is 0. The van der Waals surface area contributed by atoms with Crippen molar-refractivity contribution in [3.05, 3.63) is 0 Å². The van der Waals surface area contributed by atoms with Crippen molar-refractivity contribution in [1.29, 1.82) is 0 Å². The molecule has 0 saturated heterocycles. The fourth-order valence-corrected chi connectivity index (χ4v) is 1.64. The van der Waals surface area contributed by atoms with Crippen molar-refractivity contribution in [3.63, 3.8) is 0 Å². The molecule has 0 aromatic rings. The number of carbonyl (C=O) groups is 1. The Labute approximate surface area is 98.2 Å². The molecule has 1 N–H and O–H groups in total. The first-order valence-electron chi connectivity index (χ1n) is 6.35. The van der Waals surface area contributed by atoms with Gasteiger partial charge >= 0.3 is 5.97 Å². The molecule has 1 aliphatic rings. The molecule has 0 unspecified atom stereocenters. The van der Waals surface area contributed by atoms with Crippen molar-refractivity contribution in [2.75, 3.05) is 6.61 Å². The molecule has 1 fully saturated rings. The number of unbranched alkanes of at least 4 members (excludes halogenated alkanes) is 2. The molecular formula is C13H24O3. The summed E-state index contributed by atoms with van der Waals surface area (Å²) < 4.78 is 5.12. The number of carbonyl (C=O) groups excluding carboxylic acids is 1. The molecule has 0 heterocycles. The van der Waals surface area contributed by atoms with E-state index in [9.17, 15) is 9.90 Å². The number of rotatable bonds is 8. The maximum atomic E-state index is 11.2. The van der Waals surface area contributed by atoms with Gasteiger partial charge < -0.3 is 9.84 Å². The Bertz CT molecular complexity index is 214. The highest BCUT2D eigenvalue weighted by molar-refractivity contribution is 5.69. The summed E-state index contributed by atoms with van der Waals surface area (Å²) in [6.45, 7) is 4.18. The summed E-state index contributed by atoms with van der Waals surface area (Å²) in [4.78, 5) is 11.2. The van der Waals surface area contributed by atoms with Gasteiger partial charge in [-0.05, 0) is 51.9 Å². The number of hydrogen-bond donors (Lipinski definition) is 1. The van der Waals surface area contributed by atoms with Gasteiger partial charge in [0.1, 0.15) is 0 Å². The van der Waals surface area contributed by atoms with E-state index in [0.717, 1.165) is 25.7 Å². The third kappa shape index (κ3) is 7.69. The highest BCUT2D eigenvalue weighted by atomic mass is 16.5. The van der Waals surface area contributed by atoms with Gasteiger partial charge in [-0.3, -0.25) is 4.79 Å². The second kappa shape index (κ2) is 6.24. The van der Waals surface area contributed by atoms with Crippen molar-refractivity contribution in [2.45, 2.75) is 64.4 Å². The molecule has 3 nitrogen and oxygen atoms in total. The van der Waals surface area contributed by atoms with Gasteiger partial charge in [-0.25, -0.2) is 0 Å². The summed E-state index contributed by atoms with van der Waals surface area (Å²) >= 11 is 0. The third-order valence-electron chi connectivity index (χ3n) is 2.85. The Kier molecular flexibility index (Phi) is 5.26. The monoisotopic (exact) mass is 228 g/mol. The predicted molar refractivity (Wildman–Crippen MR) is 63.1 cm³/mol. The topological polar surface area (TPSA) is 46.5 Å². The van der Waals surface area contributed by atoms with Crippen LogP contribution in [0.4, 0.5) is 0 Å². The van der Waals surface area contributed by atoms with Crippen LogP contribution in [0.2, 0.25) is 0 Å². The fourth-order valence-electron chi connectivity index (χ4n) is 1.64. The average molecular weight is 228 g/mol. The van der Waals surface area contributed by atoms with Crippen molar-refractivity contribution < 1.29 is 14.6 Å². The van der Waals surface area contributed by atoms with Crippen molar-refractivity contribution >= 4 is 5.97 Å². The molecule has 0 aliphatic heterocycles. The number of aliphatic hydroxyl groups is 1. The molecule has 0 radical (unpaired) electrons. The van der Waals surface area contributed by atoms with E-state index in [4.69, 9.17) is 4.74 Å². The minimum Gasteiger partial charge on any atom is -0.466 e. The van der Waals surface area contributed by atoms with Gasteiger partial charge in [-0.2, -0.15) is 0 Å². The Hall–Kier alpha value is -0.570. The Morgan fingerprint density at radius 1 is 1.31 bits per heavy atom. The molecule has 0 atom stereocenters. The molecular weight excluding hydrogens is 204 g/mol. The maximum absolute atomic E-state index is 11.2. The summed E-state index contributed by atoms with van der Waals surface area (Å²) in [5.74, 6) is 0.577. The summed E-state index contributed by atoms with van der Waals surface area (Å²) in [5, 5.41) is 9.48. The van der Waals surface area contributed by atoms with Gasteiger partial charge in [-0.15, -0.1) is 0 Å². The van der Waals surface area contributed by atoms with Crippen molar-refractivity contribution in [1.82, 2.24) is 0 Å². The predicted octanol–water partition coefficient (Wildman–Crippen LogP) is 2.66. The Morgan fingerprint density at radius 3 is 2.56 bits per heavy atom. The molecule has 16 heavy (non-hydrogen) atoms. The molecule has 1 rings (SSSR count). The highest BCUT2D eigenvalue weighted by Crippen LogP contribution is 2.32. The maximum Gasteiger partial charge on any atom is 0.306 e. The summed E-state index contributed by atoms with van der Waals surface area (Å²) in [6.07, 6.45) is 6.73. The van der Waals surface area contributed by atoms with E-state index in [2.05, 4.69) is 0 Å². The zero-order valence-corrected chi connectivity index (χ0v) is 10.5. The first-order chi connectivity index (χ1) is 7.47. The van der Waals surface area contributed by atoms with E-state index >= 15 is 0 Å². The normalized spacial score (nSPS) is 16.2. The van der Waals surface area contributed by atoms with E-state index in [1.807, 2.05) is 13.8 Å². The van der Waals surface area contributed by atoms with E-state index in [0.29, 0.717) is 18.9 Å². The second-order valence-electron chi connectivity index (χ2n) is 5.49. The third-order valence-corrected chi connectivity index (χ3v) is 2.85. The smallest absolute Gasteiger partial charge is 0.306 e. The highest BCUT2D eigenvalue weighted by Gasteiger charge is 2.24. The molecule has 0 spiro atoms. The van der Waals surface area contributed by atoms with Crippen LogP contribution in [0.25, 0.3) is 0 Å². The van der Waals surface area contributed by atoms with Crippen LogP contribution in [0.3, 0.4) is 0 Å². The quantitative estimate of drug-likeness (QED) is 0.513. The molecule has 94 valence electrons. The number of ether oxygens (including phenoxy) is 1. The molecule has 0 aromatic carbocycles. The van der Waals surface area contributed by atoms with Crippen LogP contribution in [-0.4, -0.2) is 23.3 Å². The van der Waals surface area contributed by atoms with E-state index in [1.54, 1.807) is 0 Å². The minimum atomic E-state index is -0.567. The van der Waals surface area contributed by atoms with E-state index < -0.39 is 5.60 Å². The molecule has 3 heteroatoms. The van der Waals surface area contributed by atoms with Crippen LogP contribution in [0.1, 0.15) is 58.8 Å². The minimum absolute atomic E-state index is 0.0370. The Morgan fingerprint density at radius 2 is 2.00 bits per heavy atom. The van der Waals surface area contributed by atoms with Crippen molar-refractivity contribution in [2.24, 2.45) is 5.92 Å². The molecule has 1 aliphatic carbocycles. The van der Waals surface area contributed by atoms with Crippen LogP contribution in [0.15, 0.2) is 0 Å². The second-order valence-corrected chi connectivity index (χ2v) is 5.49. The van der Waals surface area contributed by atoms with Crippen LogP contribution in [0, 0.1) is 5.92 Å². The van der Waals surface area contributed by atoms with E-state index in [1.165, 1.54) is 12.8 Å². The SMILES string of the molecule is CC(C)(O)CCCCCOC(=O)CC1CC1. The standard InChI is InChI=1S/C13H24O3/c1-13(2,15)8-4-3-5-9-16-12(14)10-11-6-7-11/h11,15H,3-10H2,1-2H3. The van der Waals surface area contributed by atoms with Crippen LogP contribution < -0.4 is 0 Å². The van der Waals surface area contributed by atoms with Gasteiger partial charge in [0.25, 0.3) is 0 Å². The largest absolute Gasteiger partial charge is 0.466 e. The Balaban J connectivity index is 1.85. The lowest BCUT2D eigenvalue weighted by Gasteiger charge is -2.16. The first-order valence-corrected chi connectivity index (χ1v) is 6.35. The summed E-state index contributed by atoms with van der Waals surface area (Å²) in [5.41, 5.74) is -0.567. The first kappa shape index (κ1) is 13.5. The van der Waals surface area contributed by atoms with Gasteiger partial charge in [-0.1, -0.05) is 6.42 Å². The lowest BCUT2D eigenvalue weighted by atomic mass is 10.0. The zero-order valence-electron chi connectivity index (χ0n) is 10.5. The van der Waals surface area contributed by atoms with Crippen LogP contribution in [-0.2, 0) is 9.53 Å². The fraction of sp³-hybridized carbons (Fsp3) is 0.923. The van der Waals surface area contributed by atoms with Gasteiger partial charge in [0.2, 0.25) is 0 Å². The zero-order chi connectivity index (χ0) is 12.0. The summed E-state index contributed by atoms with van der Waals surface area (Å²) in [7, 11) is 0. The van der Waals surface area contributed by atoms with Crippen LogP contribution in [0.5, 0.6) is 0 Å². The molecule has 0 amide bonds. The van der Waals surface area contributed by atoms with Gasteiger partial charge in [0.15, 0.2) is 0 Å². The number of esters is 1. The van der Waals surface area contributed by atoms with E-state index in [-0.39, 0.29) is 5.97 Å². The molecule has 0 aromatic heterocycles. The number of hydrogen-bond acceptors (Lipinski definition) is 3. The lowest BCUT2D eigenvalue weighted by molar-refractivity contribution is -0.144. The van der Waals surface area contributed by atoms with Gasteiger partial charge in [0, 0.05) is 6.42 Å².